The molecule has 2 aromatic rings. The number of aromatic nitrogens is 1. The first-order chi connectivity index (χ1) is 10.0. The number of nitrogens with zero attached hydrogens (tertiary/aromatic N) is 1. The Morgan fingerprint density at radius 1 is 1.19 bits per heavy atom. The van der Waals surface area contributed by atoms with Crippen LogP contribution in [0.15, 0.2) is 42.6 Å². The van der Waals surface area contributed by atoms with E-state index in [-0.39, 0.29) is 5.75 Å². The van der Waals surface area contributed by atoms with E-state index in [1.807, 2.05) is 13.0 Å². The number of nitrogens with one attached hydrogen (secondary N) is 2. The van der Waals surface area contributed by atoms with Gasteiger partial charge in [-0.25, -0.2) is 9.78 Å². The van der Waals surface area contributed by atoms with E-state index >= 15 is 0 Å². The van der Waals surface area contributed by atoms with Crippen molar-refractivity contribution in [2.75, 3.05) is 10.6 Å². The van der Waals surface area contributed by atoms with Gasteiger partial charge < -0.3 is 10.1 Å². The van der Waals surface area contributed by atoms with Gasteiger partial charge in [0.1, 0.15) is 11.6 Å². The highest BCUT2D eigenvalue weighted by Gasteiger charge is 2.07. The molecule has 0 unspecified atom stereocenters. The van der Waals surface area contributed by atoms with E-state index in [9.17, 15) is 13.6 Å². The van der Waals surface area contributed by atoms with Crippen molar-refractivity contribution in [3.05, 3.63) is 48.2 Å². The van der Waals surface area contributed by atoms with Crippen molar-refractivity contribution in [2.45, 2.75) is 13.5 Å². The molecule has 0 aliphatic heterocycles. The zero-order valence-electron chi connectivity index (χ0n) is 11.1. The molecule has 0 radical (unpaired) electrons. The fraction of sp³-hybridized carbons (Fsp3) is 0.143. The Balaban J connectivity index is 1.95. The number of halogens is 2. The third-order valence-electron chi connectivity index (χ3n) is 2.58. The van der Waals surface area contributed by atoms with Gasteiger partial charge >= 0.3 is 12.6 Å². The highest BCUT2D eigenvalue weighted by molar-refractivity contribution is 5.99. The zero-order chi connectivity index (χ0) is 15.2. The maximum atomic E-state index is 12.0. The molecule has 110 valence electrons. The van der Waals surface area contributed by atoms with Crippen LogP contribution in [0.3, 0.4) is 0 Å². The van der Waals surface area contributed by atoms with Crippen molar-refractivity contribution in [2.24, 2.45) is 0 Å². The molecule has 2 N–H and O–H groups in total. The molecule has 7 heteroatoms. The molecule has 1 heterocycles. The van der Waals surface area contributed by atoms with E-state index in [0.29, 0.717) is 11.5 Å². The summed E-state index contributed by atoms with van der Waals surface area (Å²) >= 11 is 0. The Morgan fingerprint density at radius 3 is 2.52 bits per heavy atom. The maximum Gasteiger partial charge on any atom is 0.387 e. The summed E-state index contributed by atoms with van der Waals surface area (Å²) in [7, 11) is 0. The number of hydrogen-bond acceptors (Lipinski definition) is 3. The van der Waals surface area contributed by atoms with Crippen LogP contribution in [0.2, 0.25) is 0 Å². The zero-order valence-corrected chi connectivity index (χ0v) is 11.1. The lowest BCUT2D eigenvalue weighted by Gasteiger charge is -2.09. The maximum absolute atomic E-state index is 12.0. The molecule has 2 rings (SSSR count). The van der Waals surface area contributed by atoms with Gasteiger partial charge in [0, 0.05) is 11.9 Å². The molecule has 0 spiro atoms. The van der Waals surface area contributed by atoms with Gasteiger partial charge in [0.2, 0.25) is 0 Å². The summed E-state index contributed by atoms with van der Waals surface area (Å²) in [6.45, 7) is -1.06. The fourth-order valence-corrected chi connectivity index (χ4v) is 1.61. The number of ether oxygens (including phenoxy) is 1. The number of anilines is 2. The average Bonchev–Trinajstić information content (AvgIpc) is 2.43. The molecule has 0 fully saturated rings. The van der Waals surface area contributed by atoms with Crippen LogP contribution in [-0.4, -0.2) is 17.6 Å². The lowest BCUT2D eigenvalue weighted by Crippen LogP contribution is -2.20. The van der Waals surface area contributed by atoms with Gasteiger partial charge in [-0.15, -0.1) is 0 Å². The Morgan fingerprint density at radius 2 is 1.90 bits per heavy atom. The number of carbonyl (C=O) groups is 1. The molecule has 0 saturated carbocycles. The number of carbonyl (C=O) groups excluding carboxylic acids is 1. The monoisotopic (exact) mass is 293 g/mol. The van der Waals surface area contributed by atoms with Gasteiger partial charge in [0.05, 0.1) is 0 Å². The van der Waals surface area contributed by atoms with Crippen LogP contribution in [0.1, 0.15) is 5.56 Å². The van der Waals surface area contributed by atoms with Crippen LogP contribution in [0.4, 0.5) is 25.1 Å². The Labute approximate surface area is 120 Å². The van der Waals surface area contributed by atoms with E-state index in [4.69, 9.17) is 0 Å². The third-order valence-corrected chi connectivity index (χ3v) is 2.58. The van der Waals surface area contributed by atoms with Crippen LogP contribution in [0.25, 0.3) is 0 Å². The Kier molecular flexibility index (Phi) is 4.65. The van der Waals surface area contributed by atoms with E-state index in [0.717, 1.165) is 5.56 Å². The molecule has 21 heavy (non-hydrogen) atoms. The minimum atomic E-state index is -2.88. The first-order valence-corrected chi connectivity index (χ1v) is 6.09. The van der Waals surface area contributed by atoms with Crippen molar-refractivity contribution in [3.8, 4) is 5.75 Å². The van der Waals surface area contributed by atoms with E-state index in [1.54, 1.807) is 12.3 Å². The number of benzene rings is 1. The molecular weight excluding hydrogens is 280 g/mol. The second kappa shape index (κ2) is 6.65. The summed E-state index contributed by atoms with van der Waals surface area (Å²) in [4.78, 5) is 15.8. The molecule has 1 aromatic carbocycles. The van der Waals surface area contributed by atoms with Gasteiger partial charge in [0.15, 0.2) is 0 Å². The second-order valence-electron chi connectivity index (χ2n) is 4.15. The summed E-state index contributed by atoms with van der Waals surface area (Å²) in [6, 6.07) is 8.71. The Hall–Kier alpha value is -2.70. The normalized spacial score (nSPS) is 10.3. The quantitative estimate of drug-likeness (QED) is 0.904. The summed E-state index contributed by atoms with van der Waals surface area (Å²) in [5.74, 6) is 0.476. The van der Waals surface area contributed by atoms with Crippen molar-refractivity contribution in [3.63, 3.8) is 0 Å². The Bertz CT molecular complexity index is 618. The number of pyridine rings is 1. The highest BCUT2D eigenvalue weighted by atomic mass is 19.3. The number of hydrogen-bond donors (Lipinski definition) is 2. The fourth-order valence-electron chi connectivity index (χ4n) is 1.61. The van der Waals surface area contributed by atoms with Gasteiger partial charge in [-0.3, -0.25) is 5.32 Å². The SMILES string of the molecule is Cc1cccnc1NC(=O)Nc1ccc(OC(F)F)cc1. The minimum absolute atomic E-state index is 0.0246. The van der Waals surface area contributed by atoms with Gasteiger partial charge in [-0.1, -0.05) is 6.07 Å². The van der Waals surface area contributed by atoms with Gasteiger partial charge in [0.25, 0.3) is 0 Å². The first-order valence-electron chi connectivity index (χ1n) is 6.09. The summed E-state index contributed by atoms with van der Waals surface area (Å²) < 4.78 is 28.2. The number of urea groups is 1. The van der Waals surface area contributed by atoms with Crippen LogP contribution < -0.4 is 15.4 Å². The molecule has 2 amide bonds. The lowest BCUT2D eigenvalue weighted by molar-refractivity contribution is -0.0498. The first kappa shape index (κ1) is 14.7. The van der Waals surface area contributed by atoms with Gasteiger partial charge in [-0.2, -0.15) is 8.78 Å². The summed E-state index contributed by atoms with van der Waals surface area (Å²) in [5, 5.41) is 5.16. The molecule has 0 atom stereocenters. The number of rotatable bonds is 4. The molecule has 0 bridgehead atoms. The largest absolute Gasteiger partial charge is 0.435 e. The van der Waals surface area contributed by atoms with E-state index < -0.39 is 12.6 Å². The minimum Gasteiger partial charge on any atom is -0.435 e. The highest BCUT2D eigenvalue weighted by Crippen LogP contribution is 2.18. The van der Waals surface area contributed by atoms with Crippen molar-refractivity contribution in [1.29, 1.82) is 0 Å². The third kappa shape index (κ3) is 4.41. The summed E-state index contributed by atoms with van der Waals surface area (Å²) in [6.07, 6.45) is 1.57. The topological polar surface area (TPSA) is 63.2 Å². The number of amides is 2. The molecular formula is C14H13F2N3O2. The van der Waals surface area contributed by atoms with Crippen LogP contribution in [-0.2, 0) is 0 Å². The predicted octanol–water partition coefficient (Wildman–Crippen LogP) is 3.64. The molecule has 0 aliphatic carbocycles. The molecule has 0 saturated heterocycles. The smallest absolute Gasteiger partial charge is 0.387 e. The van der Waals surface area contributed by atoms with Crippen LogP contribution in [0.5, 0.6) is 5.75 Å². The van der Waals surface area contributed by atoms with E-state index in [1.165, 1.54) is 24.3 Å². The van der Waals surface area contributed by atoms with Crippen LogP contribution in [0, 0.1) is 6.92 Å². The second-order valence-corrected chi connectivity index (χ2v) is 4.15. The summed E-state index contributed by atoms with van der Waals surface area (Å²) in [5.41, 5.74) is 1.27. The van der Waals surface area contributed by atoms with Gasteiger partial charge in [-0.05, 0) is 42.8 Å². The number of aryl methyl sites for hydroxylation is 1. The lowest BCUT2D eigenvalue weighted by atomic mass is 10.3. The predicted molar refractivity (Wildman–Crippen MR) is 74.7 cm³/mol. The van der Waals surface area contributed by atoms with Crippen molar-refractivity contribution >= 4 is 17.5 Å². The van der Waals surface area contributed by atoms with E-state index in [2.05, 4.69) is 20.4 Å². The number of alkyl halides is 2. The average molecular weight is 293 g/mol. The van der Waals surface area contributed by atoms with Crippen molar-refractivity contribution < 1.29 is 18.3 Å². The molecule has 1 aromatic heterocycles. The van der Waals surface area contributed by atoms with Crippen LogP contribution >= 0.6 is 0 Å². The molecule has 5 nitrogen and oxygen atoms in total. The van der Waals surface area contributed by atoms with Crippen molar-refractivity contribution in [1.82, 2.24) is 4.98 Å². The molecule has 0 aliphatic rings. The standard InChI is InChI=1S/C14H13F2N3O2/c1-9-3-2-8-17-12(9)19-14(20)18-10-4-6-11(7-5-10)21-13(15)16/h2-8,13H,1H3,(H2,17,18,19,20).